The minimum Gasteiger partial charge on any atom is -0.473 e. The van der Waals surface area contributed by atoms with Gasteiger partial charge < -0.3 is 19.2 Å². The van der Waals surface area contributed by atoms with Gasteiger partial charge in [0.05, 0.1) is 16.8 Å². The first-order valence-corrected chi connectivity index (χ1v) is 16.2. The minimum atomic E-state index is -3.56. The van der Waals surface area contributed by atoms with Crippen LogP contribution in [-0.2, 0) is 37.9 Å². The van der Waals surface area contributed by atoms with Crippen LogP contribution in [0, 0.1) is 0 Å². The van der Waals surface area contributed by atoms with Crippen molar-refractivity contribution in [2.45, 2.75) is 35.7 Å². The van der Waals surface area contributed by atoms with Gasteiger partial charge in [-0.1, -0.05) is 28.6 Å². The number of hydrogen-bond donors (Lipinski definition) is 1. The summed E-state index contributed by atoms with van der Waals surface area (Å²) in [6, 6.07) is 11.4. The van der Waals surface area contributed by atoms with E-state index in [0.717, 1.165) is 19.5 Å². The number of sulfone groups is 1. The number of ether oxygens (including phenoxy) is 2. The van der Waals surface area contributed by atoms with E-state index in [4.69, 9.17) is 14.3 Å². The molecule has 13 nitrogen and oxygen atoms in total. The van der Waals surface area contributed by atoms with Crippen LogP contribution in [0.15, 0.2) is 58.7 Å². The summed E-state index contributed by atoms with van der Waals surface area (Å²) in [5.74, 6) is -0.0657. The number of aromatic nitrogens is 4. The Bertz CT molecular complexity index is 1750. The quantitative estimate of drug-likeness (QED) is 0.206. The molecule has 0 saturated carbocycles. The number of pyridine rings is 1. The molecule has 43 heavy (non-hydrogen) atoms. The Labute approximate surface area is 252 Å². The number of carbonyl (C=O) groups is 1. The Kier molecular flexibility index (Phi) is 8.38. The lowest BCUT2D eigenvalue weighted by Gasteiger charge is -2.12. The molecule has 0 aliphatic carbocycles. The number of aryl methyl sites for hydroxylation is 1. The number of benzene rings is 1. The topological polar surface area (TPSA) is 150 Å². The van der Waals surface area contributed by atoms with Gasteiger partial charge in [-0.2, -0.15) is 5.10 Å². The summed E-state index contributed by atoms with van der Waals surface area (Å²) in [7, 11) is 0.278. The fourth-order valence-electron chi connectivity index (χ4n) is 4.92. The fraction of sp³-hybridized carbons (Fsp3) is 0.393. The number of amides is 1. The van der Waals surface area contributed by atoms with Crippen molar-refractivity contribution >= 4 is 48.3 Å². The van der Waals surface area contributed by atoms with Crippen molar-refractivity contribution in [3.63, 3.8) is 0 Å². The van der Waals surface area contributed by atoms with Gasteiger partial charge in [-0.15, -0.1) is 0 Å². The summed E-state index contributed by atoms with van der Waals surface area (Å²) in [5.41, 5.74) is 1.57. The number of likely N-dealkylation sites (tertiary alicyclic amines) is 1. The molecule has 1 N–H and O–H groups in total. The first-order valence-electron chi connectivity index (χ1n) is 13.8. The molecule has 0 unspecified atom stereocenters. The highest BCUT2D eigenvalue weighted by Gasteiger charge is 2.31. The van der Waals surface area contributed by atoms with Gasteiger partial charge in [0.25, 0.3) is 5.91 Å². The molecular weight excluding hydrogens is 594 g/mol. The lowest BCUT2D eigenvalue weighted by atomic mass is 10.1. The average Bonchev–Trinajstić information content (AvgIpc) is 3.80. The second-order valence-electron chi connectivity index (χ2n) is 10.5. The van der Waals surface area contributed by atoms with Crippen LogP contribution in [0.1, 0.15) is 24.1 Å². The number of hydrogen-bond acceptors (Lipinski definition) is 12. The van der Waals surface area contributed by atoms with E-state index in [-0.39, 0.29) is 29.9 Å². The molecule has 0 bridgehead atoms. The predicted octanol–water partition coefficient (Wildman–Crippen LogP) is 2.63. The number of nitrogens with zero attached hydrogens (tertiary/aromatic N) is 6. The molecule has 0 spiro atoms. The van der Waals surface area contributed by atoms with Crippen molar-refractivity contribution < 1.29 is 27.5 Å². The van der Waals surface area contributed by atoms with Gasteiger partial charge >= 0.3 is 0 Å². The number of fused-ring (bicyclic) bond motifs is 1. The molecule has 2 aliphatic rings. The summed E-state index contributed by atoms with van der Waals surface area (Å²) in [6.07, 6.45) is 3.24. The van der Waals surface area contributed by atoms with Crippen LogP contribution >= 0.6 is 11.3 Å². The van der Waals surface area contributed by atoms with E-state index >= 15 is 0 Å². The molecule has 6 rings (SSSR count). The van der Waals surface area contributed by atoms with Gasteiger partial charge in [0.2, 0.25) is 5.88 Å². The predicted molar refractivity (Wildman–Crippen MR) is 160 cm³/mol. The highest BCUT2D eigenvalue weighted by atomic mass is 32.2. The zero-order chi connectivity index (χ0) is 30.0. The molecule has 2 fully saturated rings. The van der Waals surface area contributed by atoms with Crippen LogP contribution in [0.4, 0.5) is 5.13 Å². The van der Waals surface area contributed by atoms with E-state index < -0.39 is 21.0 Å². The van der Waals surface area contributed by atoms with Crippen molar-refractivity contribution in [3.05, 3.63) is 59.9 Å². The molecule has 2 atom stereocenters. The molecule has 2 saturated heterocycles. The molecule has 4 aromatic rings. The van der Waals surface area contributed by atoms with E-state index in [2.05, 4.69) is 37.5 Å². The number of anilines is 1. The molecule has 226 valence electrons. The second-order valence-corrected chi connectivity index (χ2v) is 13.7. The standard InChI is InChI=1S/C28H31N7O6S2/c1-34-12-10-20(15-34)41-24-8-7-23-27(30-24)42-28(29-23)31-26(36)25(33-40-16-19-9-13-35(2)32-19)18-3-5-21(6-4-18)43(37,38)22-11-14-39-17-22/h3-9,13,20,22H,10-12,14-17H2,1-2H3,(H,29,31,36)/b33-25+/t20-,22+/m1/s1. The summed E-state index contributed by atoms with van der Waals surface area (Å²) in [4.78, 5) is 31.1. The molecular formula is C28H31N7O6S2. The summed E-state index contributed by atoms with van der Waals surface area (Å²) in [5, 5.41) is 10.9. The van der Waals surface area contributed by atoms with E-state index in [1.807, 2.05) is 6.07 Å². The number of nitrogens with one attached hydrogen (secondary N) is 1. The molecule has 3 aromatic heterocycles. The fourth-order valence-corrected chi connectivity index (χ4v) is 7.32. The number of oxime groups is 1. The number of carbonyl (C=O) groups excluding carboxylic acids is 1. The van der Waals surface area contributed by atoms with Gasteiger partial charge in [-0.25, -0.2) is 18.4 Å². The van der Waals surface area contributed by atoms with Gasteiger partial charge in [0, 0.05) is 44.6 Å². The Morgan fingerprint density at radius 2 is 1.98 bits per heavy atom. The van der Waals surface area contributed by atoms with Gasteiger partial charge in [-0.05, 0) is 44.2 Å². The first kappa shape index (κ1) is 29.2. The average molecular weight is 626 g/mol. The number of likely N-dealkylation sites (N-methyl/N-ethyl adjacent to an activating group) is 1. The Hall–Kier alpha value is -3.92. The van der Waals surface area contributed by atoms with Crippen LogP contribution in [0.5, 0.6) is 5.88 Å². The smallest absolute Gasteiger partial charge is 0.280 e. The first-order chi connectivity index (χ1) is 20.7. The van der Waals surface area contributed by atoms with Gasteiger partial charge in [0.15, 0.2) is 27.3 Å². The maximum Gasteiger partial charge on any atom is 0.280 e. The zero-order valence-electron chi connectivity index (χ0n) is 23.7. The lowest BCUT2D eigenvalue weighted by molar-refractivity contribution is -0.110. The Morgan fingerprint density at radius 1 is 1.14 bits per heavy atom. The van der Waals surface area contributed by atoms with E-state index in [1.165, 1.54) is 35.6 Å². The third-order valence-corrected chi connectivity index (χ3v) is 10.3. The highest BCUT2D eigenvalue weighted by molar-refractivity contribution is 7.92. The normalized spacial score (nSPS) is 19.6. The van der Waals surface area contributed by atoms with Crippen LogP contribution in [0.2, 0.25) is 0 Å². The molecule has 0 radical (unpaired) electrons. The van der Waals surface area contributed by atoms with Crippen LogP contribution < -0.4 is 10.1 Å². The van der Waals surface area contributed by atoms with Crippen molar-refractivity contribution in [2.75, 3.05) is 38.7 Å². The van der Waals surface area contributed by atoms with Gasteiger partial charge in [0.1, 0.15) is 22.1 Å². The Balaban J connectivity index is 1.21. The largest absolute Gasteiger partial charge is 0.473 e. The molecule has 15 heteroatoms. The highest BCUT2D eigenvalue weighted by Crippen LogP contribution is 2.28. The third-order valence-electron chi connectivity index (χ3n) is 7.22. The van der Waals surface area contributed by atoms with Crippen molar-refractivity contribution in [1.29, 1.82) is 0 Å². The number of thiazole rings is 1. The number of rotatable bonds is 10. The van der Waals surface area contributed by atoms with E-state index in [9.17, 15) is 13.2 Å². The van der Waals surface area contributed by atoms with Crippen molar-refractivity contribution in [1.82, 2.24) is 24.6 Å². The zero-order valence-corrected chi connectivity index (χ0v) is 25.3. The van der Waals surface area contributed by atoms with Crippen LogP contribution in [0.3, 0.4) is 0 Å². The summed E-state index contributed by atoms with van der Waals surface area (Å²) >= 11 is 1.21. The van der Waals surface area contributed by atoms with Gasteiger partial charge in [-0.3, -0.25) is 14.8 Å². The summed E-state index contributed by atoms with van der Waals surface area (Å²) < 4.78 is 38.9. The molecule has 2 aliphatic heterocycles. The second kappa shape index (κ2) is 12.4. The van der Waals surface area contributed by atoms with Crippen molar-refractivity contribution in [3.8, 4) is 5.88 Å². The summed E-state index contributed by atoms with van der Waals surface area (Å²) in [6.45, 7) is 2.45. The maximum absolute atomic E-state index is 13.5. The van der Waals surface area contributed by atoms with E-state index in [0.29, 0.717) is 45.6 Å². The van der Waals surface area contributed by atoms with Crippen LogP contribution in [0.25, 0.3) is 10.3 Å². The monoisotopic (exact) mass is 625 g/mol. The molecule has 1 aromatic carbocycles. The third kappa shape index (κ3) is 6.69. The SMILES string of the molecule is CN1CC[C@@H](Oc2ccc3nc(NC(=O)/C(=N/OCc4ccn(C)n4)c4ccc(S(=O)(=O)[C@H]5CCOC5)cc4)sc3n2)C1. The Morgan fingerprint density at radius 3 is 2.67 bits per heavy atom. The molecule has 1 amide bonds. The lowest BCUT2D eigenvalue weighted by Crippen LogP contribution is -2.25. The maximum atomic E-state index is 13.5. The molecule has 5 heterocycles. The van der Waals surface area contributed by atoms with E-state index in [1.54, 1.807) is 30.1 Å². The minimum absolute atomic E-state index is 0.0381. The van der Waals surface area contributed by atoms with Crippen molar-refractivity contribution in [2.24, 2.45) is 12.2 Å². The van der Waals surface area contributed by atoms with Crippen LogP contribution in [-0.4, -0.2) is 89.4 Å².